The molecule has 7 nitrogen and oxygen atoms in total. The molecular formula is C15H21N5O2. The Hall–Kier alpha value is -2.31. The number of nitrogens with zero attached hydrogens (tertiary/aromatic N) is 4. The van der Waals surface area contributed by atoms with Gasteiger partial charge in [-0.3, -0.25) is 0 Å². The molecule has 0 bridgehead atoms. The summed E-state index contributed by atoms with van der Waals surface area (Å²) in [5.41, 5.74) is 3.62. The predicted molar refractivity (Wildman–Crippen MR) is 81.7 cm³/mol. The molecule has 0 fully saturated rings. The Bertz CT molecular complexity index is 688. The molecular weight excluding hydrogens is 282 g/mol. The first kappa shape index (κ1) is 14.6. The lowest BCUT2D eigenvalue weighted by Crippen LogP contribution is -2.39. The van der Waals surface area contributed by atoms with Crippen LogP contribution in [0.4, 0.5) is 10.5 Å². The summed E-state index contributed by atoms with van der Waals surface area (Å²) in [5, 5.41) is 6.84. The van der Waals surface area contributed by atoms with Gasteiger partial charge in [0.1, 0.15) is 11.4 Å². The van der Waals surface area contributed by atoms with Crippen molar-refractivity contribution in [2.75, 3.05) is 11.9 Å². The number of imidazole rings is 1. The molecule has 118 valence electrons. The third kappa shape index (κ3) is 2.47. The molecule has 0 unspecified atom stereocenters. The first-order valence-corrected chi connectivity index (χ1v) is 7.68. The molecule has 0 spiro atoms. The van der Waals surface area contributed by atoms with Gasteiger partial charge in [-0.25, -0.2) is 9.78 Å². The van der Waals surface area contributed by atoms with Crippen LogP contribution >= 0.6 is 0 Å². The summed E-state index contributed by atoms with van der Waals surface area (Å²) in [5.74, 6) is 0.707. The SMILES string of the molecule is CCc1onc(C)c1NC(=O)N1CCc2c(ncn2CC)C1. The number of aryl methyl sites for hydroxylation is 3. The van der Waals surface area contributed by atoms with Crippen molar-refractivity contribution in [3.8, 4) is 0 Å². The van der Waals surface area contributed by atoms with Gasteiger partial charge in [0.25, 0.3) is 0 Å². The van der Waals surface area contributed by atoms with Crippen molar-refractivity contribution in [1.29, 1.82) is 0 Å². The Balaban J connectivity index is 1.73. The van der Waals surface area contributed by atoms with E-state index >= 15 is 0 Å². The summed E-state index contributed by atoms with van der Waals surface area (Å²) in [6, 6.07) is -0.127. The van der Waals surface area contributed by atoms with Crippen molar-refractivity contribution in [1.82, 2.24) is 19.6 Å². The van der Waals surface area contributed by atoms with Crippen LogP contribution in [0.2, 0.25) is 0 Å². The van der Waals surface area contributed by atoms with Crippen LogP contribution in [-0.2, 0) is 25.9 Å². The van der Waals surface area contributed by atoms with E-state index in [2.05, 4.69) is 26.9 Å². The van der Waals surface area contributed by atoms with Crippen molar-refractivity contribution in [2.24, 2.45) is 0 Å². The highest BCUT2D eigenvalue weighted by Crippen LogP contribution is 2.23. The number of anilines is 1. The summed E-state index contributed by atoms with van der Waals surface area (Å²) in [6.45, 7) is 8.04. The summed E-state index contributed by atoms with van der Waals surface area (Å²) < 4.78 is 7.35. The smallest absolute Gasteiger partial charge is 0.322 e. The van der Waals surface area contributed by atoms with Crippen LogP contribution in [0, 0.1) is 6.92 Å². The average molecular weight is 303 g/mol. The zero-order valence-corrected chi connectivity index (χ0v) is 13.2. The van der Waals surface area contributed by atoms with E-state index in [1.165, 1.54) is 5.69 Å². The largest absolute Gasteiger partial charge is 0.359 e. The van der Waals surface area contributed by atoms with E-state index in [0.717, 1.165) is 18.7 Å². The highest BCUT2D eigenvalue weighted by molar-refractivity contribution is 5.90. The van der Waals surface area contributed by atoms with E-state index in [1.54, 1.807) is 4.90 Å². The molecule has 1 N–H and O–H groups in total. The van der Waals surface area contributed by atoms with Gasteiger partial charge in [-0.2, -0.15) is 0 Å². The lowest BCUT2D eigenvalue weighted by molar-refractivity contribution is 0.205. The molecule has 3 rings (SSSR count). The Morgan fingerprint density at radius 2 is 2.27 bits per heavy atom. The first-order chi connectivity index (χ1) is 10.6. The number of aromatic nitrogens is 3. The van der Waals surface area contributed by atoms with E-state index in [1.807, 2.05) is 20.2 Å². The second kappa shape index (κ2) is 5.82. The van der Waals surface area contributed by atoms with Gasteiger partial charge in [0, 0.05) is 31.6 Å². The van der Waals surface area contributed by atoms with Gasteiger partial charge in [0.15, 0.2) is 5.76 Å². The maximum Gasteiger partial charge on any atom is 0.322 e. The Morgan fingerprint density at radius 3 is 3.00 bits per heavy atom. The van der Waals surface area contributed by atoms with Crippen LogP contribution < -0.4 is 5.32 Å². The first-order valence-electron chi connectivity index (χ1n) is 7.68. The Morgan fingerprint density at radius 1 is 1.45 bits per heavy atom. The third-order valence-corrected chi connectivity index (χ3v) is 4.11. The number of carbonyl (C=O) groups is 1. The Kier molecular flexibility index (Phi) is 3.87. The number of urea groups is 1. The van der Waals surface area contributed by atoms with Gasteiger partial charge in [0.2, 0.25) is 0 Å². The minimum atomic E-state index is -0.127. The molecule has 1 aliphatic heterocycles. The van der Waals surface area contributed by atoms with Gasteiger partial charge >= 0.3 is 6.03 Å². The molecule has 22 heavy (non-hydrogen) atoms. The topological polar surface area (TPSA) is 76.2 Å². The van der Waals surface area contributed by atoms with Gasteiger partial charge in [-0.05, 0) is 13.8 Å². The zero-order chi connectivity index (χ0) is 15.7. The molecule has 7 heteroatoms. The molecule has 2 amide bonds. The van der Waals surface area contributed by atoms with Crippen molar-refractivity contribution < 1.29 is 9.32 Å². The summed E-state index contributed by atoms with van der Waals surface area (Å²) >= 11 is 0. The van der Waals surface area contributed by atoms with E-state index in [-0.39, 0.29) is 6.03 Å². The third-order valence-electron chi connectivity index (χ3n) is 4.11. The summed E-state index contributed by atoms with van der Waals surface area (Å²) in [4.78, 5) is 18.7. The summed E-state index contributed by atoms with van der Waals surface area (Å²) in [6.07, 6.45) is 3.38. The average Bonchev–Trinajstić information content (AvgIpc) is 3.10. The van der Waals surface area contributed by atoms with Crippen molar-refractivity contribution in [3.05, 3.63) is 29.2 Å². The number of hydrogen-bond donors (Lipinski definition) is 1. The quantitative estimate of drug-likeness (QED) is 0.944. The number of nitrogens with one attached hydrogen (secondary N) is 1. The maximum absolute atomic E-state index is 12.5. The number of hydrogen-bond acceptors (Lipinski definition) is 4. The predicted octanol–water partition coefficient (Wildman–Crippen LogP) is 2.35. The van der Waals surface area contributed by atoms with E-state index in [0.29, 0.717) is 36.7 Å². The molecule has 0 saturated carbocycles. The maximum atomic E-state index is 12.5. The molecule has 1 aliphatic rings. The highest BCUT2D eigenvalue weighted by Gasteiger charge is 2.25. The van der Waals surface area contributed by atoms with E-state index in [9.17, 15) is 4.79 Å². The molecule has 2 aromatic rings. The summed E-state index contributed by atoms with van der Waals surface area (Å²) in [7, 11) is 0. The van der Waals surface area contributed by atoms with Gasteiger partial charge in [-0.15, -0.1) is 0 Å². The second-order valence-electron chi connectivity index (χ2n) is 5.45. The van der Waals surface area contributed by atoms with Crippen LogP contribution in [0.5, 0.6) is 0 Å². The standard InChI is InChI=1S/C15H21N5O2/c1-4-13-14(10(3)18-22-13)17-15(21)20-7-6-12-11(8-20)16-9-19(12)5-2/h9H,4-8H2,1-3H3,(H,17,21). The fourth-order valence-electron chi connectivity index (χ4n) is 2.82. The number of amides is 2. The number of fused-ring (bicyclic) bond motifs is 1. The molecule has 0 atom stereocenters. The number of rotatable bonds is 3. The lowest BCUT2D eigenvalue weighted by Gasteiger charge is -2.27. The highest BCUT2D eigenvalue weighted by atomic mass is 16.5. The van der Waals surface area contributed by atoms with Crippen molar-refractivity contribution in [2.45, 2.75) is 46.7 Å². The van der Waals surface area contributed by atoms with E-state index in [4.69, 9.17) is 4.52 Å². The van der Waals surface area contributed by atoms with Gasteiger partial charge in [-0.1, -0.05) is 12.1 Å². The molecule has 0 aliphatic carbocycles. The van der Waals surface area contributed by atoms with Crippen LogP contribution in [0.1, 0.15) is 36.7 Å². The molecule has 0 saturated heterocycles. The number of carbonyl (C=O) groups excluding carboxylic acids is 1. The van der Waals surface area contributed by atoms with E-state index < -0.39 is 0 Å². The Labute approximate surface area is 129 Å². The van der Waals surface area contributed by atoms with Gasteiger partial charge in [0.05, 0.1) is 18.6 Å². The fraction of sp³-hybridized carbons (Fsp3) is 0.533. The fourth-order valence-corrected chi connectivity index (χ4v) is 2.82. The van der Waals surface area contributed by atoms with Crippen LogP contribution in [0.25, 0.3) is 0 Å². The molecule has 2 aromatic heterocycles. The second-order valence-corrected chi connectivity index (χ2v) is 5.45. The monoisotopic (exact) mass is 303 g/mol. The van der Waals surface area contributed by atoms with Crippen LogP contribution in [0.15, 0.2) is 10.9 Å². The normalized spacial score (nSPS) is 14.0. The van der Waals surface area contributed by atoms with Crippen LogP contribution in [0.3, 0.4) is 0 Å². The molecule has 0 aromatic carbocycles. The molecule has 3 heterocycles. The lowest BCUT2D eigenvalue weighted by atomic mass is 10.1. The van der Waals surface area contributed by atoms with Gasteiger partial charge < -0.3 is 19.3 Å². The minimum Gasteiger partial charge on any atom is -0.359 e. The van der Waals surface area contributed by atoms with Crippen molar-refractivity contribution in [3.63, 3.8) is 0 Å². The minimum absolute atomic E-state index is 0.127. The van der Waals surface area contributed by atoms with Crippen LogP contribution in [-0.4, -0.2) is 32.2 Å². The van der Waals surface area contributed by atoms with Crippen molar-refractivity contribution >= 4 is 11.7 Å². The zero-order valence-electron chi connectivity index (χ0n) is 13.2. The molecule has 0 radical (unpaired) electrons.